The van der Waals surface area contributed by atoms with Gasteiger partial charge in [0.1, 0.15) is 0 Å². The number of benzene rings is 10. The largest absolute Gasteiger partial charge is 0.310 e. The molecule has 0 N–H and O–H groups in total. The van der Waals surface area contributed by atoms with Crippen molar-refractivity contribution in [2.24, 2.45) is 0 Å². The third kappa shape index (κ3) is 7.22. The number of rotatable bonds is 10. The van der Waals surface area contributed by atoms with Gasteiger partial charge in [-0.2, -0.15) is 0 Å². The molecule has 298 valence electrons. The Morgan fingerprint density at radius 2 is 0.730 bits per heavy atom. The number of aromatic nitrogens is 1. The van der Waals surface area contributed by atoms with Crippen molar-refractivity contribution < 1.29 is 0 Å². The quantitative estimate of drug-likeness (QED) is 0.136. The molecule has 0 saturated carbocycles. The van der Waals surface area contributed by atoms with Crippen LogP contribution in [0.2, 0.25) is 0 Å². The number of anilines is 6. The Kier molecular flexibility index (Phi) is 9.89. The van der Waals surface area contributed by atoms with E-state index < -0.39 is 0 Å². The van der Waals surface area contributed by atoms with Gasteiger partial charge in [0.15, 0.2) is 0 Å². The van der Waals surface area contributed by atoms with Crippen molar-refractivity contribution in [2.75, 3.05) is 9.80 Å². The Morgan fingerprint density at radius 1 is 0.254 bits per heavy atom. The van der Waals surface area contributed by atoms with Gasteiger partial charge in [-0.05, 0) is 113 Å². The minimum atomic E-state index is 1.06. The van der Waals surface area contributed by atoms with E-state index in [1.165, 1.54) is 49.6 Å². The van der Waals surface area contributed by atoms with Crippen LogP contribution >= 0.6 is 0 Å². The van der Waals surface area contributed by atoms with Crippen LogP contribution in [0.15, 0.2) is 261 Å². The second-order valence-electron chi connectivity index (χ2n) is 15.8. The lowest BCUT2D eigenvalue weighted by Crippen LogP contribution is -2.13. The van der Waals surface area contributed by atoms with Gasteiger partial charge in [-0.15, -0.1) is 0 Å². The molecule has 0 unspecified atom stereocenters. The standard InChI is InChI=1S/C60H43N3/c1-5-19-44(20-6-1)47-23-17-28-52(41-47)63-59-34-16-14-32-56(59)57-40-37-48(42-60(57)63)45-35-38-51(39-36-45)61(49-24-9-3-10-25-49)53-29-18-30-54(43-53)62(50-26-11-4-12-27-50)58-33-15-13-31-55(58)46-21-7-2-8-22-46/h1-43H. The molecule has 1 aromatic heterocycles. The average molecular weight is 806 g/mol. The number of hydrogen-bond acceptors (Lipinski definition) is 2. The van der Waals surface area contributed by atoms with E-state index in [1.54, 1.807) is 0 Å². The second kappa shape index (κ2) is 16.6. The summed E-state index contributed by atoms with van der Waals surface area (Å²) in [5.74, 6) is 0. The van der Waals surface area contributed by atoms with E-state index in [9.17, 15) is 0 Å². The van der Waals surface area contributed by atoms with Crippen molar-refractivity contribution in [3.05, 3.63) is 261 Å². The summed E-state index contributed by atoms with van der Waals surface area (Å²) in [7, 11) is 0. The van der Waals surface area contributed by atoms with Gasteiger partial charge >= 0.3 is 0 Å². The fourth-order valence-corrected chi connectivity index (χ4v) is 9.02. The zero-order chi connectivity index (χ0) is 42.0. The predicted molar refractivity (Wildman–Crippen MR) is 266 cm³/mol. The molecule has 0 amide bonds. The highest BCUT2D eigenvalue weighted by atomic mass is 15.2. The summed E-state index contributed by atoms with van der Waals surface area (Å²) in [5.41, 5.74) is 17.1. The molecule has 11 rings (SSSR count). The Bertz CT molecular complexity index is 3320. The molecule has 0 radical (unpaired) electrons. The lowest BCUT2D eigenvalue weighted by atomic mass is 10.0. The average Bonchev–Trinajstić information content (AvgIpc) is 3.70. The van der Waals surface area contributed by atoms with Crippen LogP contribution in [-0.4, -0.2) is 4.57 Å². The molecule has 0 spiro atoms. The molecule has 3 nitrogen and oxygen atoms in total. The van der Waals surface area contributed by atoms with E-state index in [-0.39, 0.29) is 0 Å². The first-order valence-corrected chi connectivity index (χ1v) is 21.5. The maximum atomic E-state index is 2.41. The summed E-state index contributed by atoms with van der Waals surface area (Å²) in [6.45, 7) is 0. The fourth-order valence-electron chi connectivity index (χ4n) is 9.02. The molecular weight excluding hydrogens is 763 g/mol. The molecule has 0 bridgehead atoms. The van der Waals surface area contributed by atoms with Crippen LogP contribution in [0.4, 0.5) is 34.1 Å². The molecule has 1 heterocycles. The first-order valence-electron chi connectivity index (χ1n) is 21.5. The number of fused-ring (bicyclic) bond motifs is 3. The Morgan fingerprint density at radius 3 is 1.46 bits per heavy atom. The molecular formula is C60H43N3. The lowest BCUT2D eigenvalue weighted by Gasteiger charge is -2.30. The van der Waals surface area contributed by atoms with Crippen LogP contribution in [0.3, 0.4) is 0 Å². The SMILES string of the molecule is c1ccc(-c2cccc(-n3c4ccccc4c4ccc(-c5ccc(N(c6ccccc6)c6cccc(N(c7ccccc7)c7ccccc7-c7ccccc7)c6)cc5)cc43)c2)cc1. The van der Waals surface area contributed by atoms with Gasteiger partial charge in [0.25, 0.3) is 0 Å². The number of nitrogens with zero attached hydrogens (tertiary/aromatic N) is 3. The Balaban J connectivity index is 0.996. The molecule has 0 aliphatic heterocycles. The highest BCUT2D eigenvalue weighted by molar-refractivity contribution is 6.10. The van der Waals surface area contributed by atoms with E-state index in [1.807, 2.05) is 0 Å². The molecule has 3 heteroatoms. The normalized spacial score (nSPS) is 11.2. The van der Waals surface area contributed by atoms with Crippen molar-refractivity contribution >= 4 is 55.9 Å². The van der Waals surface area contributed by atoms with Gasteiger partial charge in [0.2, 0.25) is 0 Å². The summed E-state index contributed by atoms with van der Waals surface area (Å²) in [6.07, 6.45) is 0. The van der Waals surface area contributed by atoms with Crippen molar-refractivity contribution in [3.8, 4) is 39.1 Å². The highest BCUT2D eigenvalue weighted by Gasteiger charge is 2.20. The van der Waals surface area contributed by atoms with Crippen molar-refractivity contribution in [3.63, 3.8) is 0 Å². The van der Waals surface area contributed by atoms with Crippen molar-refractivity contribution in [1.82, 2.24) is 4.57 Å². The van der Waals surface area contributed by atoms with Gasteiger partial charge in [0, 0.05) is 50.5 Å². The minimum Gasteiger partial charge on any atom is -0.310 e. The molecule has 10 aromatic carbocycles. The highest BCUT2D eigenvalue weighted by Crippen LogP contribution is 2.44. The van der Waals surface area contributed by atoms with Crippen LogP contribution in [0.25, 0.3) is 60.9 Å². The minimum absolute atomic E-state index is 1.06. The maximum Gasteiger partial charge on any atom is 0.0547 e. The molecule has 0 aliphatic carbocycles. The second-order valence-corrected chi connectivity index (χ2v) is 15.8. The van der Waals surface area contributed by atoms with E-state index in [0.717, 1.165) is 45.4 Å². The summed E-state index contributed by atoms with van der Waals surface area (Å²) >= 11 is 0. The van der Waals surface area contributed by atoms with E-state index in [4.69, 9.17) is 0 Å². The van der Waals surface area contributed by atoms with Gasteiger partial charge in [-0.25, -0.2) is 0 Å². The monoisotopic (exact) mass is 805 g/mol. The molecule has 11 aromatic rings. The smallest absolute Gasteiger partial charge is 0.0547 e. The van der Waals surface area contributed by atoms with Gasteiger partial charge < -0.3 is 14.4 Å². The number of hydrogen-bond donors (Lipinski definition) is 0. The van der Waals surface area contributed by atoms with Crippen LogP contribution in [-0.2, 0) is 0 Å². The van der Waals surface area contributed by atoms with Crippen molar-refractivity contribution in [1.29, 1.82) is 0 Å². The zero-order valence-electron chi connectivity index (χ0n) is 34.7. The topological polar surface area (TPSA) is 11.4 Å². The summed E-state index contributed by atoms with van der Waals surface area (Å²) in [5, 5.41) is 2.48. The maximum absolute atomic E-state index is 2.41. The first-order chi connectivity index (χ1) is 31.3. The van der Waals surface area contributed by atoms with Crippen molar-refractivity contribution in [2.45, 2.75) is 0 Å². The van der Waals surface area contributed by atoms with Crippen LogP contribution in [0, 0.1) is 0 Å². The van der Waals surface area contributed by atoms with Crippen LogP contribution < -0.4 is 9.80 Å². The lowest BCUT2D eigenvalue weighted by molar-refractivity contribution is 1.18. The Hall–Kier alpha value is -8.40. The molecule has 0 atom stereocenters. The zero-order valence-corrected chi connectivity index (χ0v) is 34.7. The summed E-state index contributed by atoms with van der Waals surface area (Å²) in [4.78, 5) is 4.71. The predicted octanol–water partition coefficient (Wildman–Crippen LogP) is 16.7. The Labute approximate surface area is 368 Å². The molecule has 63 heavy (non-hydrogen) atoms. The van der Waals surface area contributed by atoms with E-state index >= 15 is 0 Å². The summed E-state index contributed by atoms with van der Waals surface area (Å²) in [6, 6.07) is 93.6. The van der Waals surface area contributed by atoms with Gasteiger partial charge in [-0.3, -0.25) is 0 Å². The number of para-hydroxylation sites is 4. The molecule has 0 saturated heterocycles. The molecule has 0 aliphatic rings. The summed E-state index contributed by atoms with van der Waals surface area (Å²) < 4.78 is 2.41. The van der Waals surface area contributed by atoms with E-state index in [2.05, 4.69) is 275 Å². The molecule has 0 fully saturated rings. The first kappa shape index (κ1) is 37.6. The van der Waals surface area contributed by atoms with Crippen LogP contribution in [0.5, 0.6) is 0 Å². The van der Waals surface area contributed by atoms with Crippen LogP contribution in [0.1, 0.15) is 0 Å². The fraction of sp³-hybridized carbons (Fsp3) is 0. The van der Waals surface area contributed by atoms with Gasteiger partial charge in [0.05, 0.1) is 16.7 Å². The third-order valence-corrected chi connectivity index (χ3v) is 11.9. The third-order valence-electron chi connectivity index (χ3n) is 11.9. The van der Waals surface area contributed by atoms with E-state index in [0.29, 0.717) is 0 Å². The van der Waals surface area contributed by atoms with Gasteiger partial charge in [-0.1, -0.05) is 176 Å².